The number of carbonyl (C=O) groups is 1. The Hall–Kier alpha value is -1.59. The highest BCUT2D eigenvalue weighted by molar-refractivity contribution is 5.95. The van der Waals surface area contributed by atoms with E-state index in [0.29, 0.717) is 23.1 Å². The summed E-state index contributed by atoms with van der Waals surface area (Å²) in [4.78, 5) is 12.8. The van der Waals surface area contributed by atoms with Crippen molar-refractivity contribution in [3.63, 3.8) is 0 Å². The lowest BCUT2D eigenvalue weighted by molar-refractivity contribution is -0.0320. The monoisotopic (exact) mass is 330 g/mol. The first kappa shape index (κ1) is 15.9. The van der Waals surface area contributed by atoms with Crippen molar-refractivity contribution in [2.45, 2.75) is 49.6 Å². The summed E-state index contributed by atoms with van der Waals surface area (Å²) in [7, 11) is 0. The Morgan fingerprint density at radius 3 is 2.71 bits per heavy atom. The zero-order valence-corrected chi connectivity index (χ0v) is 14.0. The molecule has 24 heavy (non-hydrogen) atoms. The maximum absolute atomic E-state index is 12.8. The van der Waals surface area contributed by atoms with Crippen LogP contribution in [0.5, 0.6) is 5.75 Å². The number of aliphatic hydroxyl groups excluding tert-OH is 1. The predicted molar refractivity (Wildman–Crippen MR) is 90.8 cm³/mol. The number of rotatable bonds is 5. The molecule has 0 radical (unpaired) electrons. The van der Waals surface area contributed by atoms with Gasteiger partial charge in [0.05, 0.1) is 6.61 Å². The maximum Gasteiger partial charge on any atom is 0.251 e. The molecule has 5 heteroatoms. The average molecular weight is 330 g/mol. The molecule has 4 saturated carbocycles. The quantitative estimate of drug-likeness (QED) is 0.769. The summed E-state index contributed by atoms with van der Waals surface area (Å²) in [6.07, 6.45) is 6.54. The van der Waals surface area contributed by atoms with Crippen LogP contribution in [-0.2, 0) is 0 Å². The minimum absolute atomic E-state index is 0.0408. The first-order chi connectivity index (χ1) is 11.5. The van der Waals surface area contributed by atoms with Crippen LogP contribution in [0.3, 0.4) is 0 Å². The molecule has 5 nitrogen and oxygen atoms in total. The third-order valence-corrected chi connectivity index (χ3v) is 5.94. The molecular weight excluding hydrogens is 304 g/mol. The van der Waals surface area contributed by atoms with Crippen molar-refractivity contribution in [2.75, 3.05) is 13.2 Å². The van der Waals surface area contributed by atoms with Gasteiger partial charge in [0.2, 0.25) is 0 Å². The van der Waals surface area contributed by atoms with Gasteiger partial charge in [-0.3, -0.25) is 4.79 Å². The number of aliphatic hydroxyl groups is 1. The Kier molecular flexibility index (Phi) is 3.81. The Labute approximate surface area is 142 Å². The summed E-state index contributed by atoms with van der Waals surface area (Å²) >= 11 is 0. The van der Waals surface area contributed by atoms with Crippen molar-refractivity contribution >= 4 is 5.91 Å². The Bertz CT molecular complexity index is 631. The predicted octanol–water partition coefficient (Wildman–Crippen LogP) is 1.84. The van der Waals surface area contributed by atoms with Gasteiger partial charge in [0.1, 0.15) is 12.4 Å². The Balaban J connectivity index is 1.50. The second kappa shape index (κ2) is 5.74. The molecule has 1 aromatic rings. The number of hydrogen-bond donors (Lipinski definition) is 3. The van der Waals surface area contributed by atoms with E-state index in [4.69, 9.17) is 15.6 Å². The largest absolute Gasteiger partial charge is 0.491 e. The van der Waals surface area contributed by atoms with Gasteiger partial charge in [-0.2, -0.15) is 0 Å². The highest BCUT2D eigenvalue weighted by Gasteiger charge is 2.56. The minimum atomic E-state index is -0.127. The van der Waals surface area contributed by atoms with Gasteiger partial charge in [0.25, 0.3) is 5.91 Å². The summed E-state index contributed by atoms with van der Waals surface area (Å²) in [5.41, 5.74) is 7.00. The van der Waals surface area contributed by atoms with Gasteiger partial charge in [-0.05, 0) is 68.6 Å². The molecule has 0 saturated heterocycles. The van der Waals surface area contributed by atoms with Crippen LogP contribution in [-0.4, -0.2) is 35.3 Å². The molecule has 0 spiro atoms. The number of ether oxygens (including phenoxy) is 1. The fraction of sp³-hybridized carbons (Fsp3) is 0.632. The molecule has 2 atom stereocenters. The Morgan fingerprint density at radius 1 is 1.29 bits per heavy atom. The van der Waals surface area contributed by atoms with Crippen LogP contribution in [0.15, 0.2) is 24.3 Å². The number of nitrogens with two attached hydrogens (primary N) is 1. The lowest BCUT2D eigenvalue weighted by atomic mass is 9.50. The van der Waals surface area contributed by atoms with Crippen LogP contribution >= 0.6 is 0 Å². The molecule has 0 heterocycles. The zero-order chi connectivity index (χ0) is 16.8. The molecule has 1 aromatic carbocycles. The van der Waals surface area contributed by atoms with Crippen LogP contribution in [0, 0.1) is 11.8 Å². The Morgan fingerprint density at radius 2 is 2.04 bits per heavy atom. The maximum atomic E-state index is 12.8. The van der Waals surface area contributed by atoms with E-state index in [0.717, 1.165) is 32.1 Å². The highest BCUT2D eigenvalue weighted by atomic mass is 16.5. The van der Waals surface area contributed by atoms with Crippen molar-refractivity contribution in [1.82, 2.24) is 5.32 Å². The van der Waals surface area contributed by atoms with Crippen LogP contribution < -0.4 is 15.8 Å². The molecule has 4 aliphatic rings. The summed E-state index contributed by atoms with van der Waals surface area (Å²) in [5, 5.41) is 12.2. The molecule has 5 rings (SSSR count). The van der Waals surface area contributed by atoms with E-state index in [1.165, 1.54) is 6.42 Å². The van der Waals surface area contributed by atoms with Gasteiger partial charge in [-0.25, -0.2) is 0 Å². The van der Waals surface area contributed by atoms with Crippen molar-refractivity contribution in [1.29, 1.82) is 0 Å². The fourth-order valence-electron chi connectivity index (χ4n) is 5.68. The van der Waals surface area contributed by atoms with E-state index in [1.807, 2.05) is 6.07 Å². The number of amides is 1. The molecule has 4 bridgehead atoms. The van der Waals surface area contributed by atoms with Gasteiger partial charge >= 0.3 is 0 Å². The molecule has 4 N–H and O–H groups in total. The SMILES string of the molecule is NC12CC3CC(C1)CC(NC(=O)c1cccc(OCCO)c1)(C3)C2. The highest BCUT2D eigenvalue weighted by Crippen LogP contribution is 2.56. The normalized spacial score (nSPS) is 36.6. The van der Waals surface area contributed by atoms with Crippen LogP contribution in [0.1, 0.15) is 48.9 Å². The van der Waals surface area contributed by atoms with Crippen molar-refractivity contribution < 1.29 is 14.6 Å². The van der Waals surface area contributed by atoms with Crippen LogP contribution in [0.2, 0.25) is 0 Å². The number of nitrogens with one attached hydrogen (secondary N) is 1. The lowest BCUT2D eigenvalue weighted by Crippen LogP contribution is -2.68. The van der Waals surface area contributed by atoms with Gasteiger partial charge in [-0.15, -0.1) is 0 Å². The molecule has 1 amide bonds. The lowest BCUT2D eigenvalue weighted by Gasteiger charge is -2.61. The molecule has 0 aromatic heterocycles. The van der Waals surface area contributed by atoms with Crippen molar-refractivity contribution in [3.8, 4) is 5.75 Å². The second-order valence-corrected chi connectivity index (χ2v) is 8.16. The van der Waals surface area contributed by atoms with Crippen molar-refractivity contribution in [2.24, 2.45) is 17.6 Å². The first-order valence-electron chi connectivity index (χ1n) is 8.94. The van der Waals surface area contributed by atoms with Crippen LogP contribution in [0.25, 0.3) is 0 Å². The first-order valence-corrected chi connectivity index (χ1v) is 8.94. The number of benzene rings is 1. The van der Waals surface area contributed by atoms with E-state index < -0.39 is 0 Å². The molecule has 4 aliphatic carbocycles. The fourth-order valence-corrected chi connectivity index (χ4v) is 5.68. The number of carbonyl (C=O) groups excluding carboxylic acids is 1. The van der Waals surface area contributed by atoms with E-state index in [-0.39, 0.29) is 30.2 Å². The topological polar surface area (TPSA) is 84.6 Å². The molecule has 0 aliphatic heterocycles. The zero-order valence-electron chi connectivity index (χ0n) is 14.0. The van der Waals surface area contributed by atoms with Crippen molar-refractivity contribution in [3.05, 3.63) is 29.8 Å². The standard InChI is InChI=1S/C19H26N2O3/c20-18-8-13-6-14(9-18)11-19(10-13,12-18)21-17(23)15-2-1-3-16(7-15)24-5-4-22/h1-3,7,13-14,22H,4-6,8-12,20H2,(H,21,23). The third-order valence-electron chi connectivity index (χ3n) is 5.94. The summed E-state index contributed by atoms with van der Waals surface area (Å²) in [5.74, 6) is 1.89. The van der Waals surface area contributed by atoms with Gasteiger partial charge in [0.15, 0.2) is 0 Å². The van der Waals surface area contributed by atoms with Gasteiger partial charge < -0.3 is 20.9 Å². The minimum Gasteiger partial charge on any atom is -0.491 e. The molecule has 2 unspecified atom stereocenters. The number of hydrogen-bond acceptors (Lipinski definition) is 4. The van der Waals surface area contributed by atoms with E-state index in [1.54, 1.807) is 18.2 Å². The summed E-state index contributed by atoms with van der Waals surface area (Å²) in [6.45, 7) is 0.189. The molecule has 4 fully saturated rings. The smallest absolute Gasteiger partial charge is 0.251 e. The molecule has 130 valence electrons. The average Bonchev–Trinajstić information content (AvgIpc) is 2.50. The van der Waals surface area contributed by atoms with Gasteiger partial charge in [0, 0.05) is 16.6 Å². The van der Waals surface area contributed by atoms with Crippen LogP contribution in [0.4, 0.5) is 0 Å². The van der Waals surface area contributed by atoms with Gasteiger partial charge in [-0.1, -0.05) is 6.07 Å². The van der Waals surface area contributed by atoms with E-state index >= 15 is 0 Å². The summed E-state index contributed by atoms with van der Waals surface area (Å²) in [6, 6.07) is 7.15. The summed E-state index contributed by atoms with van der Waals surface area (Å²) < 4.78 is 5.41. The van der Waals surface area contributed by atoms with E-state index in [2.05, 4.69) is 5.32 Å². The second-order valence-electron chi connectivity index (χ2n) is 8.16. The molecular formula is C19H26N2O3. The third kappa shape index (κ3) is 2.91. The van der Waals surface area contributed by atoms with E-state index in [9.17, 15) is 4.79 Å².